The molecule has 0 aromatic heterocycles. The van der Waals surface area contributed by atoms with E-state index in [-0.39, 0.29) is 5.11 Å². The lowest BCUT2D eigenvalue weighted by Gasteiger charge is -2.04. The van der Waals surface area contributed by atoms with Crippen LogP contribution in [0.5, 0.6) is 0 Å². The zero-order valence-corrected chi connectivity index (χ0v) is 8.95. The Morgan fingerprint density at radius 3 is 2.85 bits per heavy atom. The summed E-state index contributed by atoms with van der Waals surface area (Å²) in [4.78, 5) is 0. The average molecular weight is 256 g/mol. The van der Waals surface area contributed by atoms with Crippen LogP contribution in [0.25, 0.3) is 0 Å². The minimum absolute atomic E-state index is 0.186. The molecular formula is C8H6BrN3S. The molecule has 3 nitrogen and oxygen atoms in total. The van der Waals surface area contributed by atoms with E-state index in [1.54, 1.807) is 18.2 Å². The number of hydrogen-bond donors (Lipinski definition) is 2. The molecule has 0 saturated carbocycles. The Bertz CT molecular complexity index is 383. The van der Waals surface area contributed by atoms with Crippen molar-refractivity contribution in [2.24, 2.45) is 5.73 Å². The van der Waals surface area contributed by atoms with Gasteiger partial charge in [0.15, 0.2) is 5.11 Å². The third kappa shape index (κ3) is 2.68. The van der Waals surface area contributed by atoms with E-state index in [9.17, 15) is 0 Å². The molecule has 0 heterocycles. The second-order valence-corrected chi connectivity index (χ2v) is 3.59. The first-order chi connectivity index (χ1) is 6.13. The Hall–Kier alpha value is -1.12. The lowest BCUT2D eigenvalue weighted by atomic mass is 10.2. The molecule has 66 valence electrons. The van der Waals surface area contributed by atoms with Gasteiger partial charge in [0, 0.05) is 10.2 Å². The van der Waals surface area contributed by atoms with E-state index in [0.717, 1.165) is 4.47 Å². The van der Waals surface area contributed by atoms with E-state index in [2.05, 4.69) is 33.5 Å². The first kappa shape index (κ1) is 9.96. The quantitative estimate of drug-likeness (QED) is 0.754. The number of anilines is 1. The molecule has 0 aliphatic heterocycles. The molecule has 13 heavy (non-hydrogen) atoms. The third-order valence-electron chi connectivity index (χ3n) is 1.35. The number of rotatable bonds is 1. The topological polar surface area (TPSA) is 61.8 Å². The number of benzene rings is 1. The van der Waals surface area contributed by atoms with Crippen molar-refractivity contribution < 1.29 is 0 Å². The highest BCUT2D eigenvalue weighted by molar-refractivity contribution is 9.10. The predicted molar refractivity (Wildman–Crippen MR) is 59.3 cm³/mol. The fourth-order valence-electron chi connectivity index (χ4n) is 0.831. The van der Waals surface area contributed by atoms with Crippen LogP contribution in [0, 0.1) is 11.3 Å². The van der Waals surface area contributed by atoms with Gasteiger partial charge in [-0.05, 0) is 46.3 Å². The van der Waals surface area contributed by atoms with Crippen molar-refractivity contribution >= 4 is 38.9 Å². The van der Waals surface area contributed by atoms with Crippen LogP contribution in [0.4, 0.5) is 5.69 Å². The molecule has 0 aliphatic rings. The van der Waals surface area contributed by atoms with Crippen molar-refractivity contribution in [2.45, 2.75) is 0 Å². The Kier molecular flexibility index (Phi) is 3.23. The second-order valence-electron chi connectivity index (χ2n) is 2.30. The van der Waals surface area contributed by atoms with Gasteiger partial charge in [0.2, 0.25) is 0 Å². The average Bonchev–Trinajstić information content (AvgIpc) is 2.07. The maximum Gasteiger partial charge on any atom is 0.168 e. The normalized spacial score (nSPS) is 8.92. The summed E-state index contributed by atoms with van der Waals surface area (Å²) in [6, 6.07) is 7.25. The molecule has 0 bridgehead atoms. The van der Waals surface area contributed by atoms with Gasteiger partial charge in [0.05, 0.1) is 5.56 Å². The van der Waals surface area contributed by atoms with Crippen LogP contribution in [-0.4, -0.2) is 5.11 Å². The number of hydrogen-bond acceptors (Lipinski definition) is 2. The van der Waals surface area contributed by atoms with E-state index in [4.69, 9.17) is 11.0 Å². The second kappa shape index (κ2) is 4.21. The number of nitrogens with one attached hydrogen (secondary N) is 1. The summed E-state index contributed by atoms with van der Waals surface area (Å²) in [5.74, 6) is 0. The van der Waals surface area contributed by atoms with E-state index in [1.165, 1.54) is 0 Å². The highest BCUT2D eigenvalue weighted by Crippen LogP contribution is 2.19. The van der Waals surface area contributed by atoms with Gasteiger partial charge in [-0.2, -0.15) is 5.26 Å². The number of nitrogens with zero attached hydrogens (tertiary/aromatic N) is 1. The van der Waals surface area contributed by atoms with Crippen LogP contribution in [0.15, 0.2) is 22.7 Å². The summed E-state index contributed by atoms with van der Waals surface area (Å²) in [6.07, 6.45) is 0. The molecule has 1 aromatic carbocycles. The van der Waals surface area contributed by atoms with Gasteiger partial charge in [-0.25, -0.2) is 0 Å². The Morgan fingerprint density at radius 1 is 1.62 bits per heavy atom. The summed E-state index contributed by atoms with van der Waals surface area (Å²) in [5.41, 5.74) is 6.54. The zero-order valence-electron chi connectivity index (χ0n) is 6.54. The fourth-order valence-corrected chi connectivity index (χ4v) is 1.28. The largest absolute Gasteiger partial charge is 0.376 e. The Morgan fingerprint density at radius 2 is 2.31 bits per heavy atom. The van der Waals surface area contributed by atoms with E-state index < -0.39 is 0 Å². The highest BCUT2D eigenvalue weighted by atomic mass is 79.9. The minimum atomic E-state index is 0.186. The van der Waals surface area contributed by atoms with Gasteiger partial charge in [-0.3, -0.25) is 0 Å². The van der Waals surface area contributed by atoms with E-state index in [0.29, 0.717) is 11.3 Å². The van der Waals surface area contributed by atoms with Gasteiger partial charge >= 0.3 is 0 Å². The highest BCUT2D eigenvalue weighted by Gasteiger charge is 2.00. The van der Waals surface area contributed by atoms with Crippen molar-refractivity contribution in [3.8, 4) is 6.07 Å². The molecular weight excluding hydrogens is 250 g/mol. The number of nitriles is 1. The summed E-state index contributed by atoms with van der Waals surface area (Å²) < 4.78 is 0.753. The van der Waals surface area contributed by atoms with Crippen molar-refractivity contribution in [3.05, 3.63) is 28.2 Å². The SMILES string of the molecule is N#Cc1cc(NC(N)=S)ccc1Br. The maximum atomic E-state index is 8.71. The minimum Gasteiger partial charge on any atom is -0.376 e. The van der Waals surface area contributed by atoms with Crippen molar-refractivity contribution in [1.82, 2.24) is 0 Å². The lowest BCUT2D eigenvalue weighted by Crippen LogP contribution is -2.18. The molecule has 3 N–H and O–H groups in total. The molecule has 1 rings (SSSR count). The fraction of sp³-hybridized carbons (Fsp3) is 0. The van der Waals surface area contributed by atoms with E-state index >= 15 is 0 Å². The molecule has 0 radical (unpaired) electrons. The molecule has 0 saturated heterocycles. The molecule has 5 heteroatoms. The van der Waals surface area contributed by atoms with Gasteiger partial charge in [0.1, 0.15) is 6.07 Å². The third-order valence-corrected chi connectivity index (χ3v) is 2.15. The number of nitrogens with two attached hydrogens (primary N) is 1. The van der Waals surface area contributed by atoms with E-state index in [1.807, 2.05) is 6.07 Å². The van der Waals surface area contributed by atoms with Crippen LogP contribution in [0.2, 0.25) is 0 Å². The van der Waals surface area contributed by atoms with Gasteiger partial charge in [-0.15, -0.1) is 0 Å². The van der Waals surface area contributed by atoms with Crippen LogP contribution in [0.3, 0.4) is 0 Å². The molecule has 0 fully saturated rings. The van der Waals surface area contributed by atoms with Crippen LogP contribution in [0.1, 0.15) is 5.56 Å². The lowest BCUT2D eigenvalue weighted by molar-refractivity contribution is 1.46. The summed E-state index contributed by atoms with van der Waals surface area (Å²) in [7, 11) is 0. The summed E-state index contributed by atoms with van der Waals surface area (Å²) in [5, 5.41) is 11.6. The zero-order chi connectivity index (χ0) is 9.84. The molecule has 0 atom stereocenters. The first-order valence-electron chi connectivity index (χ1n) is 3.39. The first-order valence-corrected chi connectivity index (χ1v) is 4.59. The molecule has 0 spiro atoms. The Labute approximate surface area is 89.7 Å². The van der Waals surface area contributed by atoms with Crippen molar-refractivity contribution in [3.63, 3.8) is 0 Å². The van der Waals surface area contributed by atoms with Crippen LogP contribution < -0.4 is 11.1 Å². The predicted octanol–water partition coefficient (Wildman–Crippen LogP) is 1.98. The van der Waals surface area contributed by atoms with Crippen LogP contribution >= 0.6 is 28.1 Å². The Balaban J connectivity index is 3.01. The number of halogens is 1. The number of thiocarbonyl (C=S) groups is 1. The molecule has 1 aromatic rings. The summed E-state index contributed by atoms with van der Waals surface area (Å²) >= 11 is 7.90. The maximum absolute atomic E-state index is 8.71. The summed E-state index contributed by atoms with van der Waals surface area (Å²) in [6.45, 7) is 0. The smallest absolute Gasteiger partial charge is 0.168 e. The van der Waals surface area contributed by atoms with Crippen LogP contribution in [-0.2, 0) is 0 Å². The van der Waals surface area contributed by atoms with Crippen molar-refractivity contribution in [1.29, 1.82) is 5.26 Å². The molecule has 0 amide bonds. The molecule has 0 aliphatic carbocycles. The van der Waals surface area contributed by atoms with Gasteiger partial charge in [0.25, 0.3) is 0 Å². The standard InChI is InChI=1S/C8H6BrN3S/c9-7-2-1-6(12-8(11)13)3-5(7)4-10/h1-3H,(H3,11,12,13). The van der Waals surface area contributed by atoms with Gasteiger partial charge < -0.3 is 11.1 Å². The van der Waals surface area contributed by atoms with Gasteiger partial charge in [-0.1, -0.05) is 0 Å². The van der Waals surface area contributed by atoms with Crippen molar-refractivity contribution in [2.75, 3.05) is 5.32 Å². The molecule has 0 unspecified atom stereocenters. The monoisotopic (exact) mass is 255 g/mol.